The lowest BCUT2D eigenvalue weighted by atomic mass is 10.0. The van der Waals surface area contributed by atoms with Crippen LogP contribution in [0.1, 0.15) is 0 Å². The number of halogens is 1. The highest BCUT2D eigenvalue weighted by Gasteiger charge is 2.15. The molecule has 1 aromatic heterocycles. The molecule has 0 aliphatic heterocycles. The molecule has 5 aromatic rings. The molecular weight excluding hydrogens is 316 g/mol. The van der Waals surface area contributed by atoms with Gasteiger partial charge in [-0.1, -0.05) is 66.2 Å². The molecule has 1 nitrogen and oxygen atoms in total. The van der Waals surface area contributed by atoms with E-state index < -0.39 is 0 Å². The van der Waals surface area contributed by atoms with E-state index in [1.54, 1.807) is 0 Å². The number of hydrogen-bond acceptors (Lipinski definition) is 1. The van der Waals surface area contributed by atoms with Crippen molar-refractivity contribution in [2.45, 2.75) is 0 Å². The third-order valence-corrected chi connectivity index (χ3v) is 4.92. The van der Waals surface area contributed by atoms with E-state index in [0.717, 1.165) is 38.1 Å². The third kappa shape index (κ3) is 1.95. The molecule has 0 aliphatic rings. The van der Waals surface area contributed by atoms with Gasteiger partial charge in [-0.15, -0.1) is 0 Å². The SMILES string of the molecule is Clc1c(-c2ccccc2)ccc2oc3cc4ccccc4cc3c12. The van der Waals surface area contributed by atoms with E-state index in [9.17, 15) is 0 Å². The minimum atomic E-state index is 0.743. The van der Waals surface area contributed by atoms with Crippen LogP contribution in [-0.4, -0.2) is 0 Å². The summed E-state index contributed by atoms with van der Waals surface area (Å²) in [6, 6.07) is 26.8. The molecule has 0 aliphatic carbocycles. The lowest BCUT2D eigenvalue weighted by Crippen LogP contribution is -1.80. The monoisotopic (exact) mass is 328 g/mol. The summed E-state index contributed by atoms with van der Waals surface area (Å²) in [5.41, 5.74) is 3.83. The van der Waals surface area contributed by atoms with Gasteiger partial charge in [0, 0.05) is 16.3 Å². The Morgan fingerprint density at radius 1 is 0.667 bits per heavy atom. The number of rotatable bonds is 1. The summed E-state index contributed by atoms with van der Waals surface area (Å²) in [5, 5.41) is 5.15. The normalized spacial score (nSPS) is 11.5. The number of fused-ring (bicyclic) bond motifs is 4. The molecule has 0 N–H and O–H groups in total. The summed E-state index contributed by atoms with van der Waals surface area (Å²) >= 11 is 6.79. The standard InChI is InChI=1S/C22H13ClO/c23-22-17(14-6-2-1-3-7-14)10-11-19-21(22)18-12-15-8-4-5-9-16(15)13-20(18)24-19/h1-13H. The van der Waals surface area contributed by atoms with Gasteiger partial charge in [-0.05, 0) is 40.6 Å². The van der Waals surface area contributed by atoms with E-state index in [1.807, 2.05) is 42.5 Å². The molecule has 0 unspecified atom stereocenters. The Labute approximate surface area is 144 Å². The first-order valence-electron chi connectivity index (χ1n) is 7.90. The zero-order valence-corrected chi connectivity index (χ0v) is 13.5. The number of furan rings is 1. The average molecular weight is 329 g/mol. The van der Waals surface area contributed by atoms with Crippen molar-refractivity contribution in [3.05, 3.63) is 83.9 Å². The van der Waals surface area contributed by atoms with Crippen LogP contribution in [0, 0.1) is 0 Å². The van der Waals surface area contributed by atoms with Crippen LogP contribution in [-0.2, 0) is 0 Å². The molecule has 0 spiro atoms. The van der Waals surface area contributed by atoms with Gasteiger partial charge in [0.25, 0.3) is 0 Å². The Morgan fingerprint density at radius 2 is 1.38 bits per heavy atom. The maximum Gasteiger partial charge on any atom is 0.136 e. The molecule has 4 aromatic carbocycles. The average Bonchev–Trinajstić information content (AvgIpc) is 2.99. The lowest BCUT2D eigenvalue weighted by molar-refractivity contribution is 0.669. The summed E-state index contributed by atoms with van der Waals surface area (Å²) in [6.07, 6.45) is 0. The molecule has 0 fully saturated rings. The molecule has 0 saturated heterocycles. The molecule has 1 heterocycles. The molecule has 114 valence electrons. The smallest absolute Gasteiger partial charge is 0.136 e. The van der Waals surface area contributed by atoms with Gasteiger partial charge in [0.2, 0.25) is 0 Å². The third-order valence-electron chi connectivity index (χ3n) is 4.53. The second-order valence-electron chi connectivity index (χ2n) is 5.96. The highest BCUT2D eigenvalue weighted by atomic mass is 35.5. The minimum absolute atomic E-state index is 0.743. The van der Waals surface area contributed by atoms with Crippen LogP contribution in [0.15, 0.2) is 83.3 Å². The zero-order chi connectivity index (χ0) is 16.1. The molecule has 24 heavy (non-hydrogen) atoms. The fraction of sp³-hybridized carbons (Fsp3) is 0. The van der Waals surface area contributed by atoms with Crippen molar-refractivity contribution in [2.75, 3.05) is 0 Å². The van der Waals surface area contributed by atoms with E-state index in [0.29, 0.717) is 0 Å². The molecule has 0 bridgehead atoms. The highest BCUT2D eigenvalue weighted by molar-refractivity contribution is 6.40. The van der Waals surface area contributed by atoms with Crippen LogP contribution >= 0.6 is 11.6 Å². The van der Waals surface area contributed by atoms with Gasteiger partial charge in [0.05, 0.1) is 5.02 Å². The topological polar surface area (TPSA) is 13.1 Å². The predicted molar refractivity (Wildman–Crippen MR) is 102 cm³/mol. The van der Waals surface area contributed by atoms with Gasteiger partial charge in [-0.3, -0.25) is 0 Å². The minimum Gasteiger partial charge on any atom is -0.456 e. The van der Waals surface area contributed by atoms with E-state index in [-0.39, 0.29) is 0 Å². The molecule has 0 atom stereocenters. The summed E-state index contributed by atoms with van der Waals surface area (Å²) in [5.74, 6) is 0. The molecule has 0 saturated carbocycles. The first kappa shape index (κ1) is 13.6. The van der Waals surface area contributed by atoms with Crippen LogP contribution in [0.25, 0.3) is 43.8 Å². The second kappa shape index (κ2) is 5.12. The molecule has 2 heteroatoms. The Bertz CT molecular complexity index is 1200. The quantitative estimate of drug-likeness (QED) is 0.321. The van der Waals surface area contributed by atoms with E-state index >= 15 is 0 Å². The zero-order valence-electron chi connectivity index (χ0n) is 12.8. The predicted octanol–water partition coefficient (Wildman–Crippen LogP) is 7.06. The van der Waals surface area contributed by atoms with Crippen molar-refractivity contribution in [3.8, 4) is 11.1 Å². The van der Waals surface area contributed by atoms with Crippen LogP contribution < -0.4 is 0 Å². The Balaban J connectivity index is 1.89. The summed E-state index contributed by atoms with van der Waals surface area (Å²) in [4.78, 5) is 0. The van der Waals surface area contributed by atoms with Crippen LogP contribution in [0.3, 0.4) is 0 Å². The van der Waals surface area contributed by atoms with Crippen molar-refractivity contribution >= 4 is 44.3 Å². The van der Waals surface area contributed by atoms with Crippen molar-refractivity contribution in [1.29, 1.82) is 0 Å². The first-order valence-corrected chi connectivity index (χ1v) is 8.28. The van der Waals surface area contributed by atoms with Gasteiger partial charge in [-0.25, -0.2) is 0 Å². The second-order valence-corrected chi connectivity index (χ2v) is 6.34. The van der Waals surface area contributed by atoms with Crippen LogP contribution in [0.5, 0.6) is 0 Å². The maximum atomic E-state index is 6.79. The molecule has 5 rings (SSSR count). The van der Waals surface area contributed by atoms with Crippen molar-refractivity contribution in [3.63, 3.8) is 0 Å². The van der Waals surface area contributed by atoms with Gasteiger partial charge in [-0.2, -0.15) is 0 Å². The molecule has 0 radical (unpaired) electrons. The Hall–Kier alpha value is -2.77. The van der Waals surface area contributed by atoms with Gasteiger partial charge in [0.15, 0.2) is 0 Å². The van der Waals surface area contributed by atoms with Crippen molar-refractivity contribution < 1.29 is 4.42 Å². The van der Waals surface area contributed by atoms with Gasteiger partial charge in [0.1, 0.15) is 11.2 Å². The largest absolute Gasteiger partial charge is 0.456 e. The van der Waals surface area contributed by atoms with E-state index in [4.69, 9.17) is 16.0 Å². The van der Waals surface area contributed by atoms with Gasteiger partial charge < -0.3 is 4.42 Å². The summed E-state index contributed by atoms with van der Waals surface area (Å²) in [6.45, 7) is 0. The first-order chi connectivity index (χ1) is 11.8. The Kier molecular flexibility index (Phi) is 2.91. The fourth-order valence-corrected chi connectivity index (χ4v) is 3.72. The van der Waals surface area contributed by atoms with Crippen LogP contribution in [0.2, 0.25) is 5.02 Å². The molecular formula is C22H13ClO. The van der Waals surface area contributed by atoms with Crippen molar-refractivity contribution in [1.82, 2.24) is 0 Å². The van der Waals surface area contributed by atoms with Gasteiger partial charge >= 0.3 is 0 Å². The lowest BCUT2D eigenvalue weighted by Gasteiger charge is -2.05. The van der Waals surface area contributed by atoms with Crippen molar-refractivity contribution in [2.24, 2.45) is 0 Å². The van der Waals surface area contributed by atoms with Crippen LogP contribution in [0.4, 0.5) is 0 Å². The maximum absolute atomic E-state index is 6.79. The number of benzene rings is 4. The van der Waals surface area contributed by atoms with E-state index in [1.165, 1.54) is 10.8 Å². The van der Waals surface area contributed by atoms with E-state index in [2.05, 4.69) is 36.4 Å². The summed E-state index contributed by atoms with van der Waals surface area (Å²) < 4.78 is 6.05. The molecule has 0 amide bonds. The number of hydrogen-bond donors (Lipinski definition) is 0. The fourth-order valence-electron chi connectivity index (χ4n) is 3.35. The highest BCUT2D eigenvalue weighted by Crippen LogP contribution is 2.40. The Morgan fingerprint density at radius 3 is 2.17 bits per heavy atom. The summed E-state index contributed by atoms with van der Waals surface area (Å²) in [7, 11) is 0.